The third-order valence-electron chi connectivity index (χ3n) is 2.65. The first kappa shape index (κ1) is 14.8. The lowest BCUT2D eigenvalue weighted by atomic mass is 10.3. The smallest absolute Gasteiger partial charge is 0.0388 e. The monoisotopic (exact) mass is 251 g/mol. The number of rotatable bonds is 2. The average Bonchev–Trinajstić information content (AvgIpc) is 2.54. The lowest BCUT2D eigenvalue weighted by Crippen LogP contribution is -2.43. The Hall–Kier alpha value is -0.220. The fourth-order valence-electron chi connectivity index (χ4n) is 1.76. The molecule has 0 radical (unpaired) electrons. The van der Waals surface area contributed by atoms with E-state index in [-0.39, 0.29) is 24.8 Å². The molecule has 1 aliphatic rings. The van der Waals surface area contributed by atoms with Crippen LogP contribution in [-0.4, -0.2) is 35.6 Å². The van der Waals surface area contributed by atoms with Crippen molar-refractivity contribution in [3.8, 4) is 0 Å². The van der Waals surface area contributed by atoms with E-state index >= 15 is 0 Å². The Morgan fingerprint density at radius 1 is 1.27 bits per heavy atom. The van der Waals surface area contributed by atoms with Gasteiger partial charge >= 0.3 is 0 Å². The highest BCUT2D eigenvalue weighted by Gasteiger charge is 2.10. The molecule has 5 heteroatoms. The largest absolute Gasteiger partial charge is 0.353 e. The summed E-state index contributed by atoms with van der Waals surface area (Å²) in [6.07, 6.45) is 2.11. The van der Waals surface area contributed by atoms with Crippen molar-refractivity contribution in [3.05, 3.63) is 24.0 Å². The van der Waals surface area contributed by atoms with E-state index in [0.29, 0.717) is 0 Å². The molecule has 1 aliphatic heterocycles. The first-order valence-electron chi connectivity index (χ1n) is 4.89. The first-order valence-corrected chi connectivity index (χ1v) is 4.89. The second-order valence-corrected chi connectivity index (χ2v) is 3.64. The molecular weight excluding hydrogens is 233 g/mol. The molecule has 0 aromatic carbocycles. The SMILES string of the molecule is Cl.Cl.Cn1cccc1CN1CCNCC1. The first-order chi connectivity index (χ1) is 6.36. The summed E-state index contributed by atoms with van der Waals surface area (Å²) in [6.45, 7) is 5.69. The van der Waals surface area contributed by atoms with E-state index in [0.717, 1.165) is 19.6 Å². The molecule has 0 aliphatic carbocycles. The molecule has 15 heavy (non-hydrogen) atoms. The standard InChI is InChI=1S/C10H17N3.2ClH/c1-12-6-2-3-10(12)9-13-7-4-11-5-8-13;;/h2-3,6,11H,4-5,7-9H2,1H3;2*1H. The van der Waals surface area contributed by atoms with E-state index in [2.05, 4.69) is 40.2 Å². The predicted molar refractivity (Wildman–Crippen MR) is 68.1 cm³/mol. The number of hydrogen-bond acceptors (Lipinski definition) is 2. The van der Waals surface area contributed by atoms with Gasteiger partial charge in [0.25, 0.3) is 0 Å². The summed E-state index contributed by atoms with van der Waals surface area (Å²) >= 11 is 0. The quantitative estimate of drug-likeness (QED) is 0.855. The summed E-state index contributed by atoms with van der Waals surface area (Å²) in [7, 11) is 2.11. The molecule has 0 bridgehead atoms. The van der Waals surface area contributed by atoms with Crippen LogP contribution in [0, 0.1) is 0 Å². The topological polar surface area (TPSA) is 20.2 Å². The zero-order valence-electron chi connectivity index (χ0n) is 8.98. The Labute approximate surface area is 104 Å². The minimum absolute atomic E-state index is 0. The normalized spacial score (nSPS) is 16.6. The molecule has 1 fully saturated rings. The molecule has 0 amide bonds. The van der Waals surface area contributed by atoms with Crippen LogP contribution in [0.1, 0.15) is 5.69 Å². The maximum absolute atomic E-state index is 3.36. The van der Waals surface area contributed by atoms with Crippen LogP contribution in [0.15, 0.2) is 18.3 Å². The molecule has 3 nitrogen and oxygen atoms in total. The van der Waals surface area contributed by atoms with E-state index < -0.39 is 0 Å². The van der Waals surface area contributed by atoms with E-state index in [1.54, 1.807) is 0 Å². The number of hydrogen-bond donors (Lipinski definition) is 1. The van der Waals surface area contributed by atoms with Crippen molar-refractivity contribution in [2.75, 3.05) is 26.2 Å². The Kier molecular flexibility index (Phi) is 7.02. The number of aromatic nitrogens is 1. The van der Waals surface area contributed by atoms with E-state index in [9.17, 15) is 0 Å². The van der Waals surface area contributed by atoms with Gasteiger partial charge in [-0.15, -0.1) is 24.8 Å². The zero-order valence-corrected chi connectivity index (χ0v) is 10.6. The number of piperazine rings is 1. The van der Waals surface area contributed by atoms with Crippen molar-refractivity contribution < 1.29 is 0 Å². The van der Waals surface area contributed by atoms with Gasteiger partial charge in [-0.05, 0) is 12.1 Å². The molecule has 2 heterocycles. The molecule has 88 valence electrons. The van der Waals surface area contributed by atoms with Gasteiger partial charge in [-0.1, -0.05) is 0 Å². The van der Waals surface area contributed by atoms with Crippen LogP contribution in [-0.2, 0) is 13.6 Å². The molecule has 0 atom stereocenters. The van der Waals surface area contributed by atoms with E-state index in [1.165, 1.54) is 18.8 Å². The summed E-state index contributed by atoms with van der Waals surface area (Å²) in [6, 6.07) is 4.31. The van der Waals surface area contributed by atoms with Crippen LogP contribution in [0.3, 0.4) is 0 Å². The Bertz CT molecular complexity index is 269. The Balaban J connectivity index is 0.000000980. The van der Waals surface area contributed by atoms with Crippen LogP contribution in [0.2, 0.25) is 0 Å². The van der Waals surface area contributed by atoms with Gasteiger partial charge in [0.1, 0.15) is 0 Å². The van der Waals surface area contributed by atoms with Crippen LogP contribution >= 0.6 is 24.8 Å². The van der Waals surface area contributed by atoms with Crippen molar-refractivity contribution in [2.24, 2.45) is 7.05 Å². The summed E-state index contributed by atoms with van der Waals surface area (Å²) < 4.78 is 2.20. The van der Waals surface area contributed by atoms with Gasteiger partial charge in [0.15, 0.2) is 0 Å². The fraction of sp³-hybridized carbons (Fsp3) is 0.600. The fourth-order valence-corrected chi connectivity index (χ4v) is 1.76. The summed E-state index contributed by atoms with van der Waals surface area (Å²) in [5.74, 6) is 0. The molecule has 1 aromatic heterocycles. The molecule has 0 spiro atoms. The lowest BCUT2D eigenvalue weighted by molar-refractivity contribution is 0.229. The average molecular weight is 252 g/mol. The van der Waals surface area contributed by atoms with Gasteiger partial charge in [-0.25, -0.2) is 0 Å². The highest BCUT2D eigenvalue weighted by molar-refractivity contribution is 5.85. The van der Waals surface area contributed by atoms with Crippen molar-refractivity contribution in [2.45, 2.75) is 6.54 Å². The van der Waals surface area contributed by atoms with Crippen molar-refractivity contribution >= 4 is 24.8 Å². The van der Waals surface area contributed by atoms with Gasteiger partial charge in [-0.3, -0.25) is 4.90 Å². The Morgan fingerprint density at radius 2 is 1.93 bits per heavy atom. The van der Waals surface area contributed by atoms with Gasteiger partial charge < -0.3 is 9.88 Å². The second kappa shape index (κ2) is 7.12. The van der Waals surface area contributed by atoms with Gasteiger partial charge in [0.2, 0.25) is 0 Å². The van der Waals surface area contributed by atoms with Gasteiger partial charge in [0.05, 0.1) is 0 Å². The van der Waals surface area contributed by atoms with Crippen molar-refractivity contribution in [1.29, 1.82) is 0 Å². The number of nitrogens with zero attached hydrogens (tertiary/aromatic N) is 2. The molecule has 2 rings (SSSR count). The third-order valence-corrected chi connectivity index (χ3v) is 2.65. The predicted octanol–water partition coefficient (Wildman–Crippen LogP) is 1.27. The van der Waals surface area contributed by atoms with Crippen LogP contribution in [0.5, 0.6) is 0 Å². The molecular formula is C10H19Cl2N3. The van der Waals surface area contributed by atoms with E-state index in [1.807, 2.05) is 0 Å². The van der Waals surface area contributed by atoms with Gasteiger partial charge in [0, 0.05) is 51.7 Å². The summed E-state index contributed by atoms with van der Waals surface area (Å²) in [4.78, 5) is 2.49. The lowest BCUT2D eigenvalue weighted by Gasteiger charge is -2.27. The van der Waals surface area contributed by atoms with Crippen LogP contribution in [0.25, 0.3) is 0 Å². The molecule has 0 saturated carbocycles. The minimum atomic E-state index is 0. The number of halogens is 2. The Morgan fingerprint density at radius 3 is 2.47 bits per heavy atom. The van der Waals surface area contributed by atoms with Crippen molar-refractivity contribution in [1.82, 2.24) is 14.8 Å². The molecule has 0 unspecified atom stereocenters. The summed E-state index contributed by atoms with van der Waals surface area (Å²) in [5.41, 5.74) is 1.40. The van der Waals surface area contributed by atoms with Crippen molar-refractivity contribution in [3.63, 3.8) is 0 Å². The summed E-state index contributed by atoms with van der Waals surface area (Å²) in [5, 5.41) is 3.36. The molecule has 1 N–H and O–H groups in total. The third kappa shape index (κ3) is 4.03. The van der Waals surface area contributed by atoms with Crippen LogP contribution in [0.4, 0.5) is 0 Å². The highest BCUT2D eigenvalue weighted by atomic mass is 35.5. The number of nitrogens with one attached hydrogen (secondary N) is 1. The van der Waals surface area contributed by atoms with Gasteiger partial charge in [-0.2, -0.15) is 0 Å². The second-order valence-electron chi connectivity index (χ2n) is 3.64. The number of aryl methyl sites for hydroxylation is 1. The molecule has 1 aromatic rings. The van der Waals surface area contributed by atoms with E-state index in [4.69, 9.17) is 0 Å². The maximum atomic E-state index is 3.36. The highest BCUT2D eigenvalue weighted by Crippen LogP contribution is 2.05. The minimum Gasteiger partial charge on any atom is -0.353 e. The van der Waals surface area contributed by atoms with Crippen LogP contribution < -0.4 is 5.32 Å². The zero-order chi connectivity index (χ0) is 9.10. The molecule has 1 saturated heterocycles. The maximum Gasteiger partial charge on any atom is 0.0388 e.